The lowest BCUT2D eigenvalue weighted by atomic mass is 10.0. The number of nitrogens with zero attached hydrogens (tertiary/aromatic N) is 2. The lowest BCUT2D eigenvalue weighted by molar-refractivity contribution is -0.137. The number of aromatic nitrogens is 2. The molecule has 4 aromatic rings. The van der Waals surface area contributed by atoms with Crippen LogP contribution in [0.25, 0.3) is 11.3 Å². The molecule has 0 aliphatic heterocycles. The van der Waals surface area contributed by atoms with E-state index in [0.717, 1.165) is 11.1 Å². The van der Waals surface area contributed by atoms with E-state index in [4.69, 9.17) is 4.98 Å². The first-order valence-electron chi connectivity index (χ1n) is 10.3. The molecule has 1 heterocycles. The second-order valence-corrected chi connectivity index (χ2v) is 7.41. The molecule has 32 heavy (non-hydrogen) atoms. The number of aliphatic carboxylic acids is 1. The minimum Gasteiger partial charge on any atom is -0.480 e. The second kappa shape index (κ2) is 9.83. The molecule has 1 unspecified atom stereocenters. The van der Waals surface area contributed by atoms with Crippen LogP contribution in [0, 0.1) is 5.82 Å². The molecular weight excluding hydrogens is 405 g/mol. The summed E-state index contributed by atoms with van der Waals surface area (Å²) in [5, 5.41) is 12.8. The third-order valence-electron chi connectivity index (χ3n) is 5.12. The Morgan fingerprint density at radius 1 is 0.938 bits per heavy atom. The van der Waals surface area contributed by atoms with Crippen LogP contribution in [0.1, 0.15) is 16.8 Å². The van der Waals surface area contributed by atoms with E-state index >= 15 is 0 Å². The molecule has 0 saturated heterocycles. The van der Waals surface area contributed by atoms with Crippen LogP contribution < -0.4 is 5.32 Å². The van der Waals surface area contributed by atoms with Gasteiger partial charge in [0.1, 0.15) is 17.7 Å². The van der Waals surface area contributed by atoms with Crippen molar-refractivity contribution in [2.75, 3.05) is 5.32 Å². The molecule has 0 bridgehead atoms. The van der Waals surface area contributed by atoms with E-state index in [1.165, 1.54) is 6.07 Å². The number of halogens is 1. The molecular formula is C26H22FN3O2. The molecule has 0 amide bonds. The van der Waals surface area contributed by atoms with E-state index in [2.05, 4.69) is 10.3 Å². The molecule has 3 aromatic carbocycles. The molecule has 0 radical (unpaired) electrons. The third kappa shape index (κ3) is 5.16. The SMILES string of the molecule is O=C(O)C(Cc1ccccc1)Nc1ncc(-c2ccccc2)nc1Cc1ccccc1F. The summed E-state index contributed by atoms with van der Waals surface area (Å²) in [6.45, 7) is 0. The Kier molecular flexibility index (Phi) is 6.51. The van der Waals surface area contributed by atoms with Crippen molar-refractivity contribution in [3.05, 3.63) is 114 Å². The number of hydrogen-bond acceptors (Lipinski definition) is 4. The smallest absolute Gasteiger partial charge is 0.326 e. The van der Waals surface area contributed by atoms with E-state index in [1.54, 1.807) is 24.4 Å². The van der Waals surface area contributed by atoms with Crippen LogP contribution in [0.4, 0.5) is 10.2 Å². The number of carboxylic acid groups (broad SMARTS) is 1. The van der Waals surface area contributed by atoms with Gasteiger partial charge in [-0.05, 0) is 17.2 Å². The van der Waals surface area contributed by atoms with E-state index in [-0.39, 0.29) is 18.7 Å². The summed E-state index contributed by atoms with van der Waals surface area (Å²) >= 11 is 0. The van der Waals surface area contributed by atoms with E-state index < -0.39 is 12.0 Å². The van der Waals surface area contributed by atoms with Gasteiger partial charge in [0.05, 0.1) is 17.6 Å². The van der Waals surface area contributed by atoms with Gasteiger partial charge in [-0.25, -0.2) is 19.2 Å². The van der Waals surface area contributed by atoms with Gasteiger partial charge in [0.2, 0.25) is 0 Å². The van der Waals surface area contributed by atoms with Crippen molar-refractivity contribution in [1.82, 2.24) is 9.97 Å². The fourth-order valence-electron chi connectivity index (χ4n) is 3.46. The van der Waals surface area contributed by atoms with Gasteiger partial charge in [0, 0.05) is 18.4 Å². The normalized spacial score (nSPS) is 11.7. The highest BCUT2D eigenvalue weighted by Crippen LogP contribution is 2.23. The molecule has 0 fully saturated rings. The van der Waals surface area contributed by atoms with Crippen molar-refractivity contribution in [2.24, 2.45) is 0 Å². The standard InChI is InChI=1S/C26H22FN3O2/c27-21-14-8-7-13-20(21)16-22-25(28-17-24(29-22)19-11-5-2-6-12-19)30-23(26(31)32)15-18-9-3-1-4-10-18/h1-14,17,23H,15-16H2,(H,28,30)(H,31,32). The van der Waals surface area contributed by atoms with E-state index in [0.29, 0.717) is 22.8 Å². The van der Waals surface area contributed by atoms with E-state index in [9.17, 15) is 14.3 Å². The lowest BCUT2D eigenvalue weighted by Crippen LogP contribution is -2.32. The average molecular weight is 427 g/mol. The molecule has 1 atom stereocenters. The maximum Gasteiger partial charge on any atom is 0.326 e. The largest absolute Gasteiger partial charge is 0.480 e. The predicted molar refractivity (Wildman–Crippen MR) is 122 cm³/mol. The Hall–Kier alpha value is -4.06. The van der Waals surface area contributed by atoms with Crippen molar-refractivity contribution >= 4 is 11.8 Å². The van der Waals surface area contributed by atoms with Gasteiger partial charge in [-0.1, -0.05) is 78.9 Å². The zero-order valence-electron chi connectivity index (χ0n) is 17.3. The molecule has 4 rings (SSSR count). The molecule has 160 valence electrons. The van der Waals surface area contributed by atoms with Crippen molar-refractivity contribution < 1.29 is 14.3 Å². The van der Waals surface area contributed by atoms with Gasteiger partial charge < -0.3 is 10.4 Å². The maximum absolute atomic E-state index is 14.3. The Bertz CT molecular complexity index is 1200. The number of rotatable bonds is 8. The zero-order chi connectivity index (χ0) is 22.3. The summed E-state index contributed by atoms with van der Waals surface area (Å²) in [6.07, 6.45) is 2.06. The Morgan fingerprint density at radius 2 is 1.59 bits per heavy atom. The summed E-state index contributed by atoms with van der Waals surface area (Å²) in [4.78, 5) is 21.1. The minimum absolute atomic E-state index is 0.181. The van der Waals surface area contributed by atoms with Crippen LogP contribution >= 0.6 is 0 Å². The van der Waals surface area contributed by atoms with Crippen molar-refractivity contribution in [1.29, 1.82) is 0 Å². The first-order valence-corrected chi connectivity index (χ1v) is 10.3. The van der Waals surface area contributed by atoms with Crippen LogP contribution in [-0.4, -0.2) is 27.1 Å². The highest BCUT2D eigenvalue weighted by atomic mass is 19.1. The molecule has 1 aromatic heterocycles. The summed E-state index contributed by atoms with van der Waals surface area (Å²) in [6, 6.07) is 24.5. The van der Waals surface area contributed by atoms with Crippen LogP contribution in [-0.2, 0) is 17.6 Å². The number of hydrogen-bond donors (Lipinski definition) is 2. The first kappa shape index (κ1) is 21.2. The van der Waals surface area contributed by atoms with Crippen LogP contribution in [0.5, 0.6) is 0 Å². The Balaban J connectivity index is 1.69. The summed E-state index contributed by atoms with van der Waals surface area (Å²) < 4.78 is 14.3. The lowest BCUT2D eigenvalue weighted by Gasteiger charge is -2.18. The molecule has 5 nitrogen and oxygen atoms in total. The average Bonchev–Trinajstić information content (AvgIpc) is 2.82. The van der Waals surface area contributed by atoms with Crippen molar-refractivity contribution in [2.45, 2.75) is 18.9 Å². The number of carbonyl (C=O) groups is 1. The Morgan fingerprint density at radius 3 is 2.28 bits per heavy atom. The fourth-order valence-corrected chi connectivity index (χ4v) is 3.46. The highest BCUT2D eigenvalue weighted by molar-refractivity contribution is 5.77. The third-order valence-corrected chi connectivity index (χ3v) is 5.12. The highest BCUT2D eigenvalue weighted by Gasteiger charge is 2.21. The zero-order valence-corrected chi connectivity index (χ0v) is 17.3. The van der Waals surface area contributed by atoms with Gasteiger partial charge in [-0.15, -0.1) is 0 Å². The summed E-state index contributed by atoms with van der Waals surface area (Å²) in [5.74, 6) is -1.01. The molecule has 0 aliphatic rings. The van der Waals surface area contributed by atoms with Gasteiger partial charge >= 0.3 is 5.97 Å². The predicted octanol–water partition coefficient (Wildman–Crippen LogP) is 4.98. The first-order chi connectivity index (χ1) is 15.6. The molecule has 0 saturated carbocycles. The quantitative estimate of drug-likeness (QED) is 0.415. The molecule has 6 heteroatoms. The van der Waals surface area contributed by atoms with Crippen molar-refractivity contribution in [3.8, 4) is 11.3 Å². The van der Waals surface area contributed by atoms with Gasteiger partial charge in [0.15, 0.2) is 0 Å². The molecule has 2 N–H and O–H groups in total. The van der Waals surface area contributed by atoms with Crippen LogP contribution in [0.3, 0.4) is 0 Å². The monoisotopic (exact) mass is 427 g/mol. The minimum atomic E-state index is -1.00. The number of nitrogens with one attached hydrogen (secondary N) is 1. The van der Waals surface area contributed by atoms with Gasteiger partial charge in [-0.3, -0.25) is 0 Å². The summed E-state index contributed by atoms with van der Waals surface area (Å²) in [5.41, 5.74) is 3.34. The number of carboxylic acids is 1. The number of benzene rings is 3. The molecule has 0 aliphatic carbocycles. The fraction of sp³-hybridized carbons (Fsp3) is 0.115. The second-order valence-electron chi connectivity index (χ2n) is 7.41. The Labute approximate surface area is 185 Å². The van der Waals surface area contributed by atoms with Crippen molar-refractivity contribution in [3.63, 3.8) is 0 Å². The maximum atomic E-state index is 14.3. The van der Waals surface area contributed by atoms with Gasteiger partial charge in [-0.2, -0.15) is 0 Å². The number of anilines is 1. The topological polar surface area (TPSA) is 75.1 Å². The van der Waals surface area contributed by atoms with Crippen LogP contribution in [0.15, 0.2) is 91.1 Å². The summed E-state index contributed by atoms with van der Waals surface area (Å²) in [7, 11) is 0. The van der Waals surface area contributed by atoms with Gasteiger partial charge in [0.25, 0.3) is 0 Å². The molecule has 0 spiro atoms. The van der Waals surface area contributed by atoms with E-state index in [1.807, 2.05) is 60.7 Å². The van der Waals surface area contributed by atoms with Crippen LogP contribution in [0.2, 0.25) is 0 Å².